The Balaban J connectivity index is 3.65. The van der Waals surface area contributed by atoms with E-state index in [0.717, 1.165) is 7.11 Å². The number of nitriles is 1. The maximum absolute atomic E-state index is 11.4. The molecule has 0 aliphatic carbocycles. The van der Waals surface area contributed by atoms with Gasteiger partial charge in [0, 0.05) is 0 Å². The van der Waals surface area contributed by atoms with Gasteiger partial charge in [-0.25, -0.2) is 4.79 Å². The predicted octanol–water partition coefficient (Wildman–Crippen LogP) is 0.745. The molecule has 0 heterocycles. The highest BCUT2D eigenvalue weighted by Gasteiger charge is 2.28. The van der Waals surface area contributed by atoms with Crippen molar-refractivity contribution in [2.45, 2.75) is 6.61 Å². The molecule has 0 aliphatic rings. The molecule has 1 rings (SSSR count). The molecule has 7 nitrogen and oxygen atoms in total. The molecule has 1 N–H and O–H groups in total. The van der Waals surface area contributed by atoms with Crippen LogP contribution in [0, 0.1) is 21.4 Å². The Morgan fingerprint density at radius 2 is 2.29 bits per heavy atom. The number of nitro groups is 1. The zero-order valence-corrected chi connectivity index (χ0v) is 8.84. The molecule has 0 atom stereocenters. The Hall–Kier alpha value is -2.46. The third-order valence-electron chi connectivity index (χ3n) is 2.12. The molecule has 7 heteroatoms. The van der Waals surface area contributed by atoms with Gasteiger partial charge in [0.05, 0.1) is 29.8 Å². The van der Waals surface area contributed by atoms with E-state index < -0.39 is 28.8 Å². The Morgan fingerprint density at radius 1 is 1.65 bits per heavy atom. The molecule has 0 aromatic heterocycles. The average molecular weight is 236 g/mol. The van der Waals surface area contributed by atoms with E-state index in [1.807, 2.05) is 0 Å². The van der Waals surface area contributed by atoms with Crippen LogP contribution in [-0.2, 0) is 11.3 Å². The number of ether oxygens (including phenoxy) is 1. The Labute approximate surface area is 96.0 Å². The molecule has 0 spiro atoms. The van der Waals surface area contributed by atoms with Crippen LogP contribution in [0.5, 0.6) is 0 Å². The number of nitrogens with zero attached hydrogens (tertiary/aromatic N) is 2. The first-order valence-corrected chi connectivity index (χ1v) is 4.46. The zero-order valence-electron chi connectivity index (χ0n) is 8.84. The Bertz CT molecular complexity index is 518. The second-order valence-corrected chi connectivity index (χ2v) is 3.01. The van der Waals surface area contributed by atoms with Crippen LogP contribution in [0.2, 0.25) is 0 Å². The van der Waals surface area contributed by atoms with Gasteiger partial charge in [0.2, 0.25) is 0 Å². The van der Waals surface area contributed by atoms with Crippen molar-refractivity contribution in [1.82, 2.24) is 0 Å². The van der Waals surface area contributed by atoms with Crippen LogP contribution in [0.4, 0.5) is 5.69 Å². The maximum atomic E-state index is 11.4. The molecule has 0 bridgehead atoms. The maximum Gasteiger partial charge on any atom is 0.346 e. The van der Waals surface area contributed by atoms with Crippen molar-refractivity contribution in [1.29, 1.82) is 5.26 Å². The normalized spacial score (nSPS) is 9.47. The molecule has 1 aromatic rings. The monoisotopic (exact) mass is 236 g/mol. The summed E-state index contributed by atoms with van der Waals surface area (Å²) in [4.78, 5) is 21.5. The molecule has 0 unspecified atom stereocenters. The minimum Gasteiger partial charge on any atom is -0.465 e. The van der Waals surface area contributed by atoms with Gasteiger partial charge < -0.3 is 9.84 Å². The van der Waals surface area contributed by atoms with Crippen molar-refractivity contribution in [3.63, 3.8) is 0 Å². The minimum atomic E-state index is -0.983. The van der Waals surface area contributed by atoms with Gasteiger partial charge in [-0.15, -0.1) is 0 Å². The lowest BCUT2D eigenvalue weighted by atomic mass is 10.0. The van der Waals surface area contributed by atoms with Crippen LogP contribution < -0.4 is 0 Å². The molecular formula is C10H8N2O5. The Morgan fingerprint density at radius 3 is 2.71 bits per heavy atom. The first-order valence-electron chi connectivity index (χ1n) is 4.46. The third kappa shape index (κ3) is 2.21. The fourth-order valence-corrected chi connectivity index (χ4v) is 1.37. The number of hydrogen-bond acceptors (Lipinski definition) is 6. The molecule has 1 aromatic carbocycles. The van der Waals surface area contributed by atoms with Crippen LogP contribution >= 0.6 is 0 Å². The van der Waals surface area contributed by atoms with E-state index in [1.165, 1.54) is 12.1 Å². The molecule has 0 aliphatic heterocycles. The highest BCUT2D eigenvalue weighted by atomic mass is 16.6. The minimum absolute atomic E-state index is 0.0469. The summed E-state index contributed by atoms with van der Waals surface area (Å²) >= 11 is 0. The number of carbonyl (C=O) groups excluding carboxylic acids is 1. The summed E-state index contributed by atoms with van der Waals surface area (Å²) in [6, 6.07) is 4.12. The lowest BCUT2D eigenvalue weighted by Gasteiger charge is -2.06. The lowest BCUT2D eigenvalue weighted by molar-refractivity contribution is -0.386. The molecule has 17 heavy (non-hydrogen) atoms. The Kier molecular flexibility index (Phi) is 3.74. The fraction of sp³-hybridized carbons (Fsp3) is 0.200. The third-order valence-corrected chi connectivity index (χ3v) is 2.12. The zero-order chi connectivity index (χ0) is 13.0. The highest BCUT2D eigenvalue weighted by Crippen LogP contribution is 2.27. The molecule has 88 valence electrons. The van der Waals surface area contributed by atoms with Gasteiger partial charge in [-0.05, 0) is 12.1 Å². The molecule has 0 amide bonds. The van der Waals surface area contributed by atoms with E-state index >= 15 is 0 Å². The number of rotatable bonds is 3. The van der Waals surface area contributed by atoms with Gasteiger partial charge in [0.15, 0.2) is 5.56 Å². The van der Waals surface area contributed by atoms with Gasteiger partial charge in [-0.1, -0.05) is 0 Å². The SMILES string of the molecule is COC(=O)c1c(C#N)ccc(CO)c1[N+](=O)[O-]. The topological polar surface area (TPSA) is 113 Å². The van der Waals surface area contributed by atoms with Crippen LogP contribution in [-0.4, -0.2) is 23.1 Å². The van der Waals surface area contributed by atoms with E-state index in [4.69, 9.17) is 10.4 Å². The van der Waals surface area contributed by atoms with E-state index in [-0.39, 0.29) is 11.1 Å². The molecule has 0 radical (unpaired) electrons. The van der Waals surface area contributed by atoms with Crippen LogP contribution in [0.3, 0.4) is 0 Å². The van der Waals surface area contributed by atoms with Crippen molar-refractivity contribution in [3.8, 4) is 6.07 Å². The second-order valence-electron chi connectivity index (χ2n) is 3.01. The number of methoxy groups -OCH3 is 1. The summed E-state index contributed by atoms with van der Waals surface area (Å²) in [6.45, 7) is -0.605. The number of benzene rings is 1. The summed E-state index contributed by atoms with van der Waals surface area (Å²) in [5, 5.41) is 28.6. The summed E-state index contributed by atoms with van der Waals surface area (Å²) in [5.74, 6) is -0.983. The number of carbonyl (C=O) groups is 1. The quantitative estimate of drug-likeness (QED) is 0.470. The number of nitro benzene ring substituents is 1. The van der Waals surface area contributed by atoms with Crippen molar-refractivity contribution in [2.24, 2.45) is 0 Å². The van der Waals surface area contributed by atoms with Crippen LogP contribution in [0.25, 0.3) is 0 Å². The molecule has 0 saturated heterocycles. The van der Waals surface area contributed by atoms with Crippen LogP contribution in [0.15, 0.2) is 12.1 Å². The number of hydrogen-bond donors (Lipinski definition) is 1. The largest absolute Gasteiger partial charge is 0.465 e. The highest BCUT2D eigenvalue weighted by molar-refractivity contribution is 5.97. The summed E-state index contributed by atoms with van der Waals surface area (Å²) in [7, 11) is 1.05. The summed E-state index contributed by atoms with van der Waals surface area (Å²) in [6.07, 6.45) is 0. The second kappa shape index (κ2) is 5.05. The van der Waals surface area contributed by atoms with Gasteiger partial charge >= 0.3 is 5.97 Å². The van der Waals surface area contributed by atoms with E-state index in [9.17, 15) is 14.9 Å². The van der Waals surface area contributed by atoms with Crippen molar-refractivity contribution < 1.29 is 19.6 Å². The molecule has 0 saturated carbocycles. The summed E-state index contributed by atoms with van der Waals surface area (Å²) in [5.41, 5.74) is -1.25. The van der Waals surface area contributed by atoms with Crippen molar-refractivity contribution in [2.75, 3.05) is 7.11 Å². The van der Waals surface area contributed by atoms with Gasteiger partial charge in [0.25, 0.3) is 5.69 Å². The van der Waals surface area contributed by atoms with Crippen molar-refractivity contribution in [3.05, 3.63) is 38.9 Å². The van der Waals surface area contributed by atoms with Gasteiger partial charge in [-0.3, -0.25) is 10.1 Å². The number of aliphatic hydroxyl groups is 1. The summed E-state index contributed by atoms with van der Waals surface area (Å²) < 4.78 is 4.39. The van der Waals surface area contributed by atoms with Gasteiger partial charge in [-0.2, -0.15) is 5.26 Å². The molecule has 0 fully saturated rings. The first-order chi connectivity index (χ1) is 8.06. The number of aliphatic hydroxyl groups excluding tert-OH is 1. The van der Waals surface area contributed by atoms with E-state index in [0.29, 0.717) is 0 Å². The van der Waals surface area contributed by atoms with Gasteiger partial charge in [0.1, 0.15) is 6.07 Å². The smallest absolute Gasteiger partial charge is 0.346 e. The standard InChI is InChI=1S/C10H8N2O5/c1-17-10(14)8-6(4-11)2-3-7(5-13)9(8)12(15)16/h2-3,13H,5H2,1H3. The van der Waals surface area contributed by atoms with Crippen LogP contribution in [0.1, 0.15) is 21.5 Å². The molecular weight excluding hydrogens is 228 g/mol. The van der Waals surface area contributed by atoms with Crippen molar-refractivity contribution >= 4 is 11.7 Å². The lowest BCUT2D eigenvalue weighted by Crippen LogP contribution is -2.10. The first kappa shape index (κ1) is 12.6. The number of esters is 1. The average Bonchev–Trinajstić information content (AvgIpc) is 2.35. The fourth-order valence-electron chi connectivity index (χ4n) is 1.37. The van der Waals surface area contributed by atoms with E-state index in [1.54, 1.807) is 6.07 Å². The predicted molar refractivity (Wildman–Crippen MR) is 55.1 cm³/mol. The van der Waals surface area contributed by atoms with E-state index in [2.05, 4.69) is 4.74 Å².